The molecule has 1 aliphatic rings. The van der Waals surface area contributed by atoms with E-state index in [2.05, 4.69) is 35.8 Å². The molecule has 1 fully saturated rings. The highest BCUT2D eigenvalue weighted by Gasteiger charge is 2.22. The van der Waals surface area contributed by atoms with Gasteiger partial charge in [-0.25, -0.2) is 0 Å². The normalized spacial score (nSPS) is 16.7. The van der Waals surface area contributed by atoms with Gasteiger partial charge in [-0.1, -0.05) is 28.9 Å². The number of anilines is 1. The van der Waals surface area contributed by atoms with Gasteiger partial charge in [0, 0.05) is 50.0 Å². The van der Waals surface area contributed by atoms with E-state index in [1.165, 1.54) is 0 Å². The van der Waals surface area contributed by atoms with Gasteiger partial charge < -0.3 is 20.1 Å². The second-order valence-electron chi connectivity index (χ2n) is 7.25. The van der Waals surface area contributed by atoms with Gasteiger partial charge in [-0.3, -0.25) is 9.67 Å². The summed E-state index contributed by atoms with van der Waals surface area (Å²) in [6.45, 7) is 2.31. The van der Waals surface area contributed by atoms with Gasteiger partial charge in [-0.15, -0.1) is 24.0 Å². The van der Waals surface area contributed by atoms with Crippen LogP contribution >= 0.6 is 35.6 Å². The van der Waals surface area contributed by atoms with Crippen molar-refractivity contribution in [3.63, 3.8) is 0 Å². The molecule has 0 spiro atoms. The Labute approximate surface area is 203 Å². The quantitative estimate of drug-likeness (QED) is 0.283. The first-order chi connectivity index (χ1) is 14.6. The molecule has 0 radical (unpaired) electrons. The molecule has 0 bridgehead atoms. The number of aryl methyl sites for hydroxylation is 1. The fourth-order valence-electron chi connectivity index (χ4n) is 3.52. The molecule has 0 amide bonds. The Morgan fingerprint density at radius 2 is 2.26 bits per heavy atom. The molecule has 1 aliphatic heterocycles. The topological polar surface area (TPSA) is 96.4 Å². The first-order valence-electron chi connectivity index (χ1n) is 9.90. The summed E-state index contributed by atoms with van der Waals surface area (Å²) in [6, 6.07) is 7.66. The van der Waals surface area contributed by atoms with Crippen LogP contribution in [-0.2, 0) is 13.6 Å². The molecule has 166 valence electrons. The highest BCUT2D eigenvalue weighted by Crippen LogP contribution is 2.20. The average molecular weight is 557 g/mol. The third-order valence-electron chi connectivity index (χ3n) is 5.00. The average Bonchev–Trinajstić information content (AvgIpc) is 3.40. The van der Waals surface area contributed by atoms with Crippen LogP contribution in [0, 0.1) is 0 Å². The molecule has 3 heterocycles. The second-order valence-corrected chi connectivity index (χ2v) is 7.69. The minimum atomic E-state index is 0. The van der Waals surface area contributed by atoms with Crippen molar-refractivity contribution in [2.24, 2.45) is 12.0 Å². The fourth-order valence-corrected chi connectivity index (χ4v) is 3.71. The summed E-state index contributed by atoms with van der Waals surface area (Å²) >= 11 is 6.04. The van der Waals surface area contributed by atoms with Gasteiger partial charge in [-0.2, -0.15) is 10.1 Å². The van der Waals surface area contributed by atoms with Gasteiger partial charge in [0.1, 0.15) is 0 Å². The standard InChI is InChI=1S/C20H25ClN8O.HI/c1-22-20(25-16-7-4-8-29(12-16)17-10-24-28(2)13-17)23-11-18-26-19(27-30-18)14-5-3-6-15(21)9-14;/h3,5-6,9-10,13,16H,4,7-8,11-12H2,1-2H3,(H2,22,23,25);1H. The summed E-state index contributed by atoms with van der Waals surface area (Å²) in [6.07, 6.45) is 6.14. The van der Waals surface area contributed by atoms with Crippen LogP contribution in [-0.4, -0.2) is 52.1 Å². The van der Waals surface area contributed by atoms with Crippen molar-refractivity contribution in [1.82, 2.24) is 30.6 Å². The molecule has 1 unspecified atom stereocenters. The maximum atomic E-state index is 6.04. The van der Waals surface area contributed by atoms with Gasteiger partial charge in [0.2, 0.25) is 11.7 Å². The number of piperidine rings is 1. The highest BCUT2D eigenvalue weighted by atomic mass is 127. The Morgan fingerprint density at radius 3 is 3.00 bits per heavy atom. The number of aliphatic imine (C=N–C) groups is 1. The molecule has 1 aromatic carbocycles. The summed E-state index contributed by atoms with van der Waals surface area (Å²) in [5.74, 6) is 1.70. The molecule has 3 aromatic rings. The molecule has 4 rings (SSSR count). The fraction of sp³-hybridized carbons (Fsp3) is 0.400. The zero-order valence-corrected chi connectivity index (χ0v) is 20.5. The van der Waals surface area contributed by atoms with E-state index in [1.807, 2.05) is 42.3 Å². The smallest absolute Gasteiger partial charge is 0.246 e. The number of aromatic nitrogens is 4. The Bertz CT molecular complexity index is 1020. The number of hydrogen-bond donors (Lipinski definition) is 2. The monoisotopic (exact) mass is 556 g/mol. The van der Waals surface area contributed by atoms with Crippen molar-refractivity contribution >= 4 is 47.2 Å². The van der Waals surface area contributed by atoms with E-state index < -0.39 is 0 Å². The third-order valence-corrected chi connectivity index (χ3v) is 5.24. The second kappa shape index (κ2) is 10.8. The summed E-state index contributed by atoms with van der Waals surface area (Å²) < 4.78 is 7.18. The molecule has 2 aromatic heterocycles. The van der Waals surface area contributed by atoms with Gasteiger partial charge in [0.05, 0.1) is 18.4 Å². The van der Waals surface area contributed by atoms with Gasteiger partial charge in [0.15, 0.2) is 5.96 Å². The van der Waals surface area contributed by atoms with E-state index in [4.69, 9.17) is 16.1 Å². The van der Waals surface area contributed by atoms with Gasteiger partial charge in [-0.05, 0) is 25.0 Å². The molecular weight excluding hydrogens is 531 g/mol. The molecule has 1 atom stereocenters. The lowest BCUT2D eigenvalue weighted by Crippen LogP contribution is -2.51. The van der Waals surface area contributed by atoms with E-state index >= 15 is 0 Å². The number of nitrogens with one attached hydrogen (secondary N) is 2. The SMILES string of the molecule is CN=C(NCc1nc(-c2cccc(Cl)c2)no1)NC1CCCN(c2cnn(C)c2)C1.I. The molecule has 11 heteroatoms. The van der Waals surface area contributed by atoms with Crippen LogP contribution in [0.5, 0.6) is 0 Å². The first-order valence-corrected chi connectivity index (χ1v) is 10.3. The lowest BCUT2D eigenvalue weighted by molar-refractivity contribution is 0.374. The van der Waals surface area contributed by atoms with Crippen LogP contribution in [0.15, 0.2) is 46.2 Å². The van der Waals surface area contributed by atoms with E-state index in [1.54, 1.807) is 13.1 Å². The predicted molar refractivity (Wildman–Crippen MR) is 132 cm³/mol. The van der Waals surface area contributed by atoms with Crippen molar-refractivity contribution in [2.45, 2.75) is 25.4 Å². The lowest BCUT2D eigenvalue weighted by Gasteiger charge is -2.34. The number of halogens is 2. The minimum Gasteiger partial charge on any atom is -0.367 e. The van der Waals surface area contributed by atoms with Crippen LogP contribution in [0.25, 0.3) is 11.4 Å². The Balaban J connectivity index is 0.00000272. The van der Waals surface area contributed by atoms with E-state index in [0.717, 1.165) is 37.2 Å². The first kappa shape index (κ1) is 23.3. The summed E-state index contributed by atoms with van der Waals surface area (Å²) in [4.78, 5) is 11.1. The van der Waals surface area contributed by atoms with E-state index in [9.17, 15) is 0 Å². The highest BCUT2D eigenvalue weighted by molar-refractivity contribution is 14.0. The van der Waals surface area contributed by atoms with Gasteiger partial charge >= 0.3 is 0 Å². The predicted octanol–water partition coefficient (Wildman–Crippen LogP) is 3.08. The molecule has 1 saturated heterocycles. The van der Waals surface area contributed by atoms with Crippen molar-refractivity contribution in [2.75, 3.05) is 25.0 Å². The molecule has 31 heavy (non-hydrogen) atoms. The number of rotatable bonds is 5. The molecule has 2 N–H and O–H groups in total. The number of benzene rings is 1. The zero-order valence-electron chi connectivity index (χ0n) is 17.5. The van der Waals surface area contributed by atoms with Crippen molar-refractivity contribution in [3.05, 3.63) is 47.6 Å². The Morgan fingerprint density at radius 1 is 1.39 bits per heavy atom. The number of guanidine groups is 1. The minimum absolute atomic E-state index is 0. The third kappa shape index (κ3) is 6.10. The van der Waals surface area contributed by atoms with Crippen molar-refractivity contribution in [1.29, 1.82) is 0 Å². The maximum absolute atomic E-state index is 6.04. The zero-order chi connectivity index (χ0) is 20.9. The largest absolute Gasteiger partial charge is 0.367 e. The van der Waals surface area contributed by atoms with E-state index in [0.29, 0.717) is 29.2 Å². The Hall–Kier alpha value is -2.34. The molecular formula is C20H26ClIN8O. The van der Waals surface area contributed by atoms with Gasteiger partial charge in [0.25, 0.3) is 0 Å². The van der Waals surface area contributed by atoms with Crippen molar-refractivity contribution < 1.29 is 4.52 Å². The van der Waals surface area contributed by atoms with Crippen LogP contribution in [0.1, 0.15) is 18.7 Å². The molecule has 0 saturated carbocycles. The number of nitrogens with zero attached hydrogens (tertiary/aromatic N) is 6. The summed E-state index contributed by atoms with van der Waals surface area (Å²) in [5, 5.41) is 15.7. The van der Waals surface area contributed by atoms with Crippen molar-refractivity contribution in [3.8, 4) is 11.4 Å². The summed E-state index contributed by atoms with van der Waals surface area (Å²) in [7, 11) is 3.69. The van der Waals surface area contributed by atoms with E-state index in [-0.39, 0.29) is 30.0 Å². The van der Waals surface area contributed by atoms with Crippen LogP contribution in [0.3, 0.4) is 0 Å². The lowest BCUT2D eigenvalue weighted by atomic mass is 10.1. The summed E-state index contributed by atoms with van der Waals surface area (Å²) in [5.41, 5.74) is 1.96. The maximum Gasteiger partial charge on any atom is 0.246 e. The van der Waals surface area contributed by atoms with Crippen LogP contribution in [0.2, 0.25) is 5.02 Å². The van der Waals surface area contributed by atoms with Crippen LogP contribution < -0.4 is 15.5 Å². The Kier molecular flexibility index (Phi) is 8.13. The molecule has 0 aliphatic carbocycles. The van der Waals surface area contributed by atoms with Crippen LogP contribution in [0.4, 0.5) is 5.69 Å². The number of hydrogen-bond acceptors (Lipinski definition) is 6. The molecule has 9 nitrogen and oxygen atoms in total.